The summed E-state index contributed by atoms with van der Waals surface area (Å²) in [5.74, 6) is 6.11. The van der Waals surface area contributed by atoms with E-state index in [0.717, 1.165) is 23.0 Å². The van der Waals surface area contributed by atoms with Gasteiger partial charge in [-0.15, -0.1) is 5.10 Å². The van der Waals surface area contributed by atoms with E-state index in [1.807, 2.05) is 0 Å². The number of carboxylic acid groups (broad SMARTS) is 2. The first kappa shape index (κ1) is 38.1. The van der Waals surface area contributed by atoms with Crippen LogP contribution in [0.1, 0.15) is 42.3 Å². The number of rotatable bonds is 11. The number of amides is 1. The summed E-state index contributed by atoms with van der Waals surface area (Å²) in [4.78, 5) is 46.5. The molecule has 0 radical (unpaired) electrons. The third-order valence-corrected chi connectivity index (χ3v) is 6.11. The average Bonchev–Trinajstić information content (AvgIpc) is 3.62. The Kier molecular flexibility index (Phi) is 14.6. The number of primary amides is 1. The van der Waals surface area contributed by atoms with Crippen molar-refractivity contribution in [2.45, 2.75) is 6.42 Å². The molecule has 0 saturated carbocycles. The molecule has 0 fully saturated rings. The normalized spacial score (nSPS) is 11.1. The topological polar surface area (TPSA) is 282 Å². The Morgan fingerprint density at radius 2 is 1.78 bits per heavy atom. The van der Waals surface area contributed by atoms with Crippen LogP contribution in [0, 0.1) is 11.6 Å². The maximum absolute atomic E-state index is 14.6. The molecule has 0 unspecified atom stereocenters. The number of benzene rings is 2. The molecule has 2 aromatic carbocycles. The van der Waals surface area contributed by atoms with Crippen LogP contribution in [-0.2, 0) is 11.2 Å². The number of hydrogen-bond acceptors (Lipinski definition) is 12. The summed E-state index contributed by atoms with van der Waals surface area (Å²) < 4.78 is 35.7. The summed E-state index contributed by atoms with van der Waals surface area (Å²) in [6.07, 6.45) is 9.98. The second-order valence-electron chi connectivity index (χ2n) is 9.18. The van der Waals surface area contributed by atoms with Gasteiger partial charge in [-0.25, -0.2) is 23.4 Å². The predicted octanol–water partition coefficient (Wildman–Crippen LogP) is 0.977. The quantitative estimate of drug-likeness (QED) is 0.0503. The lowest BCUT2D eigenvalue weighted by Crippen LogP contribution is -2.31. The van der Waals surface area contributed by atoms with Crippen molar-refractivity contribution >= 4 is 42.2 Å². The zero-order valence-corrected chi connectivity index (χ0v) is 25.7. The number of imidazole rings is 1. The van der Waals surface area contributed by atoms with Gasteiger partial charge < -0.3 is 43.4 Å². The minimum Gasteiger partial charge on any atom is -0.490 e. The largest absolute Gasteiger partial charge is 0.490 e. The van der Waals surface area contributed by atoms with Crippen LogP contribution in [0.4, 0.5) is 14.5 Å². The summed E-state index contributed by atoms with van der Waals surface area (Å²) in [6, 6.07) is 7.25. The molecule has 17 nitrogen and oxygen atoms in total. The number of nitrogen functional groups attached to an aromatic ring is 1. The second-order valence-corrected chi connectivity index (χ2v) is 9.18. The lowest BCUT2D eigenvalue weighted by Gasteiger charge is -2.12. The summed E-state index contributed by atoms with van der Waals surface area (Å²) in [5, 5.41) is 28.2. The van der Waals surface area contributed by atoms with Gasteiger partial charge in [0.25, 0.3) is 0 Å². The fourth-order valence-corrected chi connectivity index (χ4v) is 3.83. The number of halogens is 2. The number of carbonyl (C=O) groups excluding carboxylic acids is 2. The van der Waals surface area contributed by atoms with Crippen molar-refractivity contribution in [3.05, 3.63) is 112 Å². The first-order valence-corrected chi connectivity index (χ1v) is 13.7. The van der Waals surface area contributed by atoms with Crippen LogP contribution in [0.5, 0.6) is 5.75 Å². The van der Waals surface area contributed by atoms with Gasteiger partial charge in [-0.2, -0.15) is 9.89 Å². The number of anilines is 1. The molecule has 19 heteroatoms. The fraction of sp³-hybridized carbons (Fsp3) is 0.100. The van der Waals surface area contributed by atoms with E-state index in [-0.39, 0.29) is 58.8 Å². The monoisotopic (exact) mass is 682 g/mol. The van der Waals surface area contributed by atoms with E-state index in [4.69, 9.17) is 27.0 Å². The highest BCUT2D eigenvalue weighted by Gasteiger charge is 2.17. The average molecular weight is 683 g/mol. The summed E-state index contributed by atoms with van der Waals surface area (Å²) in [5.41, 5.74) is 10.6. The molecule has 1 amide bonds. The molecule has 0 spiro atoms. The molecule has 258 valence electrons. The van der Waals surface area contributed by atoms with Gasteiger partial charge in [0.2, 0.25) is 6.41 Å². The number of aromatic carboxylic acids is 2. The van der Waals surface area contributed by atoms with E-state index in [9.17, 15) is 33.4 Å². The molecule has 0 aliphatic heterocycles. The maximum Gasteiger partial charge on any atom is 0.337 e. The van der Waals surface area contributed by atoms with Gasteiger partial charge in [-0.3, -0.25) is 14.2 Å². The molecule has 2 aromatic heterocycles. The molecule has 2 heterocycles. The van der Waals surface area contributed by atoms with E-state index in [2.05, 4.69) is 26.2 Å². The van der Waals surface area contributed by atoms with Crippen molar-refractivity contribution < 1.29 is 42.9 Å². The Balaban J connectivity index is 0.000000496. The number of aldehydes is 1. The lowest BCUT2D eigenvalue weighted by atomic mass is 10.0. The highest BCUT2D eigenvalue weighted by Crippen LogP contribution is 2.27. The molecular weight excluding hydrogens is 650 g/mol. The van der Waals surface area contributed by atoms with Gasteiger partial charge in [0.05, 0.1) is 23.4 Å². The Morgan fingerprint density at radius 1 is 1.08 bits per heavy atom. The number of ether oxygens (including phenoxy) is 1. The first-order chi connectivity index (χ1) is 23.4. The highest BCUT2D eigenvalue weighted by molar-refractivity contribution is 5.95. The predicted molar refractivity (Wildman–Crippen MR) is 173 cm³/mol. The van der Waals surface area contributed by atoms with Crippen molar-refractivity contribution in [3.8, 4) is 5.75 Å². The number of carbonyl (C=O) groups is 4. The highest BCUT2D eigenvalue weighted by atomic mass is 19.1. The Bertz CT molecular complexity index is 1910. The van der Waals surface area contributed by atoms with Crippen molar-refractivity contribution in [2.75, 3.05) is 24.8 Å². The van der Waals surface area contributed by atoms with Gasteiger partial charge in [0, 0.05) is 31.9 Å². The SMILES string of the molecule is CNc1cc(F)c(OCCc2cc(/C=C/C=C(\N)n3ccnc3)c(C(=O)O)cc2F)cc1C(=O)O.N/N=c1/ccc(C=O)nn1N.NC=O. The van der Waals surface area contributed by atoms with Gasteiger partial charge in [-0.05, 0) is 47.5 Å². The van der Waals surface area contributed by atoms with Gasteiger partial charge in [-0.1, -0.05) is 12.2 Å². The maximum atomic E-state index is 14.6. The number of carboxylic acids is 2. The van der Waals surface area contributed by atoms with Crippen LogP contribution < -0.4 is 38.7 Å². The molecule has 11 N–H and O–H groups in total. The minimum absolute atomic E-state index is 0.0325. The lowest BCUT2D eigenvalue weighted by molar-refractivity contribution is -0.106. The van der Waals surface area contributed by atoms with E-state index in [1.165, 1.54) is 49.8 Å². The molecule has 4 aromatic rings. The Labute approximate surface area is 276 Å². The summed E-state index contributed by atoms with van der Waals surface area (Å²) in [7, 11) is 1.46. The van der Waals surface area contributed by atoms with Crippen LogP contribution in [0.25, 0.3) is 11.9 Å². The molecule has 0 aliphatic rings. The molecule has 0 atom stereocenters. The van der Waals surface area contributed by atoms with Crippen molar-refractivity contribution in [1.82, 2.24) is 19.4 Å². The molecule has 0 saturated heterocycles. The Morgan fingerprint density at radius 3 is 2.33 bits per heavy atom. The van der Waals surface area contributed by atoms with Crippen LogP contribution >= 0.6 is 0 Å². The summed E-state index contributed by atoms with van der Waals surface area (Å²) in [6.45, 7) is -0.186. The molecule has 0 aliphatic carbocycles. The number of allylic oxidation sites excluding steroid dienone is 2. The van der Waals surface area contributed by atoms with Crippen molar-refractivity contribution in [1.29, 1.82) is 0 Å². The zero-order valence-electron chi connectivity index (χ0n) is 25.7. The van der Waals surface area contributed by atoms with E-state index < -0.39 is 23.6 Å². The first-order valence-electron chi connectivity index (χ1n) is 13.7. The van der Waals surface area contributed by atoms with Crippen molar-refractivity contribution in [3.63, 3.8) is 0 Å². The third kappa shape index (κ3) is 11.1. The minimum atomic E-state index is -1.31. The number of hydrogen-bond donors (Lipinski definition) is 7. The number of nitrogens with zero attached hydrogens (tertiary/aromatic N) is 5. The fourth-order valence-electron chi connectivity index (χ4n) is 3.83. The number of nitrogens with one attached hydrogen (secondary N) is 1. The van der Waals surface area contributed by atoms with Gasteiger partial charge >= 0.3 is 11.9 Å². The van der Waals surface area contributed by atoms with Crippen LogP contribution in [0.3, 0.4) is 0 Å². The Hall–Kier alpha value is -7.05. The molecule has 0 bridgehead atoms. The van der Waals surface area contributed by atoms with Crippen LogP contribution in [0.15, 0.2) is 72.4 Å². The number of nitrogens with two attached hydrogens (primary N) is 4. The van der Waals surface area contributed by atoms with Gasteiger partial charge in [0.1, 0.15) is 23.7 Å². The van der Waals surface area contributed by atoms with Crippen LogP contribution in [-0.4, -0.2) is 67.9 Å². The van der Waals surface area contributed by atoms with Gasteiger partial charge in [0.15, 0.2) is 23.3 Å². The third-order valence-electron chi connectivity index (χ3n) is 6.11. The molecule has 4 rings (SSSR count). The second kappa shape index (κ2) is 18.8. The van der Waals surface area contributed by atoms with Crippen molar-refractivity contribution in [2.24, 2.45) is 22.4 Å². The standard InChI is InChI=1S/C24H22F2N4O5.C5H7N5O.CH3NO/c1-28-20-12-19(26)21(11-17(20)24(33)34)35-8-5-15-9-14(16(23(31)32)10-18(15)25)3-2-4-22(27)30-7-6-29-13-30;6-8-5-2-1-4(3-11)9-10(5)7;2-1-3/h2-4,6-7,9-13,28H,5,8,27H2,1H3,(H,31,32)(H,33,34);1-3H,6-7H2;1H,(H2,2,3)/b3-2+,22-4+;8-5-;. The summed E-state index contributed by atoms with van der Waals surface area (Å²) >= 11 is 0. The molecular formula is C30H32F2N10O7. The van der Waals surface area contributed by atoms with E-state index >= 15 is 0 Å². The smallest absolute Gasteiger partial charge is 0.337 e. The van der Waals surface area contributed by atoms with E-state index in [0.29, 0.717) is 17.6 Å². The molecule has 49 heavy (non-hydrogen) atoms. The van der Waals surface area contributed by atoms with E-state index in [1.54, 1.807) is 17.0 Å². The van der Waals surface area contributed by atoms with Crippen LogP contribution in [0.2, 0.25) is 0 Å². The number of aromatic nitrogens is 4. The zero-order chi connectivity index (χ0) is 36.5.